The first kappa shape index (κ1) is 22.9. The number of Topliss-reactive ketones (excluding diaryl/α,β-unsaturated/α-hetero) is 1. The SMILES string of the molecule is COc1ccc(CNC(=O)[C@@H](CC(=O)c2ccc(Cl)c(Cl)c2)Cc2ccccc2)cc1. The van der Waals surface area contributed by atoms with E-state index in [0.29, 0.717) is 28.6 Å². The highest BCUT2D eigenvalue weighted by Gasteiger charge is 2.23. The van der Waals surface area contributed by atoms with E-state index < -0.39 is 5.92 Å². The Morgan fingerprint density at radius 3 is 2.26 bits per heavy atom. The van der Waals surface area contributed by atoms with Crippen LogP contribution in [0.3, 0.4) is 0 Å². The fourth-order valence-electron chi connectivity index (χ4n) is 3.24. The summed E-state index contributed by atoms with van der Waals surface area (Å²) in [4.78, 5) is 25.9. The van der Waals surface area contributed by atoms with Gasteiger partial charge in [-0.05, 0) is 47.9 Å². The minimum atomic E-state index is -0.511. The normalized spacial score (nSPS) is 11.6. The Morgan fingerprint density at radius 2 is 1.61 bits per heavy atom. The molecular formula is C25H23Cl2NO3. The first-order chi connectivity index (χ1) is 15.0. The molecule has 1 N–H and O–H groups in total. The van der Waals surface area contributed by atoms with Crippen LogP contribution in [0.15, 0.2) is 72.8 Å². The van der Waals surface area contributed by atoms with Gasteiger partial charge in [0.15, 0.2) is 5.78 Å². The van der Waals surface area contributed by atoms with Crippen LogP contribution in [0, 0.1) is 5.92 Å². The number of ether oxygens (including phenoxy) is 1. The maximum absolute atomic E-state index is 13.0. The second kappa shape index (κ2) is 11.0. The molecule has 0 aliphatic heterocycles. The van der Waals surface area contributed by atoms with Crippen molar-refractivity contribution < 1.29 is 14.3 Å². The number of methoxy groups -OCH3 is 1. The molecule has 0 aliphatic rings. The van der Waals surface area contributed by atoms with Crippen molar-refractivity contribution in [2.45, 2.75) is 19.4 Å². The molecule has 6 heteroatoms. The van der Waals surface area contributed by atoms with Gasteiger partial charge >= 0.3 is 0 Å². The van der Waals surface area contributed by atoms with Gasteiger partial charge < -0.3 is 10.1 Å². The van der Waals surface area contributed by atoms with E-state index in [2.05, 4.69) is 5.32 Å². The van der Waals surface area contributed by atoms with Gasteiger partial charge in [-0.15, -0.1) is 0 Å². The van der Waals surface area contributed by atoms with Crippen LogP contribution in [0.4, 0.5) is 0 Å². The minimum absolute atomic E-state index is 0.0707. The van der Waals surface area contributed by atoms with Crippen LogP contribution in [-0.2, 0) is 17.8 Å². The lowest BCUT2D eigenvalue weighted by atomic mass is 9.91. The van der Waals surface area contributed by atoms with Crippen molar-refractivity contribution in [2.24, 2.45) is 5.92 Å². The lowest BCUT2D eigenvalue weighted by Crippen LogP contribution is -2.33. The molecule has 0 spiro atoms. The number of benzene rings is 3. The Balaban J connectivity index is 1.72. The van der Waals surface area contributed by atoms with Gasteiger partial charge in [0.1, 0.15) is 5.75 Å². The summed E-state index contributed by atoms with van der Waals surface area (Å²) in [5.41, 5.74) is 2.38. The molecule has 0 aliphatic carbocycles. The van der Waals surface area contributed by atoms with Gasteiger partial charge in [0, 0.05) is 24.4 Å². The van der Waals surface area contributed by atoms with Crippen molar-refractivity contribution in [3.05, 3.63) is 99.5 Å². The van der Waals surface area contributed by atoms with Gasteiger partial charge in [0.05, 0.1) is 17.2 Å². The molecule has 0 bridgehead atoms. The van der Waals surface area contributed by atoms with Crippen molar-refractivity contribution in [1.29, 1.82) is 0 Å². The first-order valence-electron chi connectivity index (χ1n) is 9.89. The van der Waals surface area contributed by atoms with Crippen molar-refractivity contribution in [3.63, 3.8) is 0 Å². The maximum Gasteiger partial charge on any atom is 0.224 e. The molecule has 0 fully saturated rings. The Morgan fingerprint density at radius 1 is 0.903 bits per heavy atom. The fourth-order valence-corrected chi connectivity index (χ4v) is 3.54. The summed E-state index contributed by atoms with van der Waals surface area (Å²) >= 11 is 12.0. The van der Waals surface area contributed by atoms with E-state index in [-0.39, 0.29) is 18.1 Å². The van der Waals surface area contributed by atoms with Crippen LogP contribution in [0.25, 0.3) is 0 Å². The zero-order valence-electron chi connectivity index (χ0n) is 17.1. The van der Waals surface area contributed by atoms with Crippen LogP contribution >= 0.6 is 23.2 Å². The predicted molar refractivity (Wildman–Crippen MR) is 124 cm³/mol. The fraction of sp³-hybridized carbons (Fsp3) is 0.200. The van der Waals surface area contributed by atoms with Crippen LogP contribution in [0.2, 0.25) is 10.0 Å². The van der Waals surface area contributed by atoms with Gasteiger partial charge in [-0.1, -0.05) is 65.7 Å². The van der Waals surface area contributed by atoms with E-state index >= 15 is 0 Å². The summed E-state index contributed by atoms with van der Waals surface area (Å²) in [6.07, 6.45) is 0.531. The number of carbonyl (C=O) groups is 2. The molecule has 0 radical (unpaired) electrons. The number of hydrogen-bond donors (Lipinski definition) is 1. The second-order valence-electron chi connectivity index (χ2n) is 7.21. The highest BCUT2D eigenvalue weighted by Crippen LogP contribution is 2.24. The Hall–Kier alpha value is -2.82. The number of amides is 1. The van der Waals surface area contributed by atoms with E-state index in [9.17, 15) is 9.59 Å². The summed E-state index contributed by atoms with van der Waals surface area (Å²) in [5, 5.41) is 3.66. The zero-order chi connectivity index (χ0) is 22.2. The Labute approximate surface area is 192 Å². The molecule has 1 amide bonds. The molecule has 3 aromatic rings. The number of ketones is 1. The average molecular weight is 456 g/mol. The maximum atomic E-state index is 13.0. The lowest BCUT2D eigenvalue weighted by molar-refractivity contribution is -0.125. The minimum Gasteiger partial charge on any atom is -0.497 e. The van der Waals surface area contributed by atoms with Gasteiger partial charge in [-0.3, -0.25) is 9.59 Å². The molecule has 0 saturated carbocycles. The second-order valence-corrected chi connectivity index (χ2v) is 8.02. The number of rotatable bonds is 9. The zero-order valence-corrected chi connectivity index (χ0v) is 18.6. The van der Waals surface area contributed by atoms with Crippen molar-refractivity contribution in [2.75, 3.05) is 7.11 Å². The highest BCUT2D eigenvalue weighted by atomic mass is 35.5. The van der Waals surface area contributed by atoms with E-state index in [0.717, 1.165) is 16.9 Å². The molecule has 160 valence electrons. The van der Waals surface area contributed by atoms with E-state index in [1.54, 1.807) is 25.3 Å². The van der Waals surface area contributed by atoms with Crippen molar-refractivity contribution in [3.8, 4) is 5.75 Å². The number of halogens is 2. The first-order valence-corrected chi connectivity index (χ1v) is 10.6. The highest BCUT2D eigenvalue weighted by molar-refractivity contribution is 6.42. The molecule has 0 unspecified atom stereocenters. The molecule has 31 heavy (non-hydrogen) atoms. The van der Waals surface area contributed by atoms with Crippen molar-refractivity contribution >= 4 is 34.9 Å². The third kappa shape index (κ3) is 6.58. The van der Waals surface area contributed by atoms with Gasteiger partial charge in [0.2, 0.25) is 5.91 Å². The quantitative estimate of drug-likeness (QED) is 0.417. The van der Waals surface area contributed by atoms with Gasteiger partial charge in [-0.2, -0.15) is 0 Å². The summed E-state index contributed by atoms with van der Waals surface area (Å²) in [6.45, 7) is 0.370. The molecule has 3 rings (SSSR count). The van der Waals surface area contributed by atoms with Crippen LogP contribution in [0.1, 0.15) is 27.9 Å². The molecule has 3 aromatic carbocycles. The Kier molecular flexibility index (Phi) is 8.10. The number of nitrogens with one attached hydrogen (secondary N) is 1. The summed E-state index contributed by atoms with van der Waals surface area (Å²) in [7, 11) is 1.61. The standard InChI is InChI=1S/C25H23Cl2NO3/c1-31-21-10-7-18(8-11-21)16-28-25(30)20(13-17-5-3-2-4-6-17)15-24(29)19-9-12-22(26)23(27)14-19/h2-12,14,20H,13,15-16H2,1H3,(H,28,30)/t20-/m1/s1. The average Bonchev–Trinajstić information content (AvgIpc) is 2.79. The molecular weight excluding hydrogens is 433 g/mol. The van der Waals surface area contributed by atoms with E-state index in [1.807, 2.05) is 54.6 Å². The Bertz CT molecular complexity index is 1040. The lowest BCUT2D eigenvalue weighted by Gasteiger charge is -2.17. The molecule has 1 atom stereocenters. The molecule has 4 nitrogen and oxygen atoms in total. The summed E-state index contributed by atoms with van der Waals surface area (Å²) in [6, 6.07) is 21.9. The molecule has 0 saturated heterocycles. The molecule has 0 heterocycles. The number of hydrogen-bond acceptors (Lipinski definition) is 3. The van der Waals surface area contributed by atoms with E-state index in [1.165, 1.54) is 0 Å². The van der Waals surface area contributed by atoms with Gasteiger partial charge in [0.25, 0.3) is 0 Å². The third-order valence-corrected chi connectivity index (χ3v) is 5.73. The molecule has 0 aromatic heterocycles. The van der Waals surface area contributed by atoms with Crippen molar-refractivity contribution in [1.82, 2.24) is 5.32 Å². The largest absolute Gasteiger partial charge is 0.497 e. The predicted octanol–water partition coefficient (Wildman–Crippen LogP) is 5.75. The summed E-state index contributed by atoms with van der Waals surface area (Å²) < 4.78 is 5.16. The van der Waals surface area contributed by atoms with E-state index in [4.69, 9.17) is 27.9 Å². The third-order valence-electron chi connectivity index (χ3n) is 4.99. The van der Waals surface area contributed by atoms with Gasteiger partial charge in [-0.25, -0.2) is 0 Å². The van der Waals surface area contributed by atoms with Crippen LogP contribution in [0.5, 0.6) is 5.75 Å². The smallest absolute Gasteiger partial charge is 0.224 e. The summed E-state index contributed by atoms with van der Waals surface area (Å²) in [5.74, 6) is -0.0842. The topological polar surface area (TPSA) is 55.4 Å². The number of carbonyl (C=O) groups excluding carboxylic acids is 2. The van der Waals surface area contributed by atoms with Crippen LogP contribution in [-0.4, -0.2) is 18.8 Å². The monoisotopic (exact) mass is 455 g/mol. The van der Waals surface area contributed by atoms with Crippen LogP contribution < -0.4 is 10.1 Å².